The van der Waals surface area contributed by atoms with Gasteiger partial charge in [-0.3, -0.25) is 9.78 Å². The molecule has 2 aliphatic carbocycles. The van der Waals surface area contributed by atoms with Gasteiger partial charge in [0, 0.05) is 30.9 Å². The molecule has 24 heavy (non-hydrogen) atoms. The fraction of sp³-hybridized carbons (Fsp3) is 0.368. The van der Waals surface area contributed by atoms with E-state index in [1.165, 1.54) is 6.07 Å². The molecule has 0 N–H and O–H groups in total. The predicted octanol–water partition coefficient (Wildman–Crippen LogP) is 3.65. The van der Waals surface area contributed by atoms with Gasteiger partial charge in [-0.25, -0.2) is 8.78 Å². The maximum Gasteiger partial charge on any atom is 0.226 e. The molecule has 1 aromatic heterocycles. The van der Waals surface area contributed by atoms with Crippen LogP contribution >= 0.6 is 0 Å². The largest absolute Gasteiger partial charge is 0.335 e. The van der Waals surface area contributed by atoms with Gasteiger partial charge in [-0.15, -0.1) is 0 Å². The van der Waals surface area contributed by atoms with E-state index < -0.39 is 11.6 Å². The third kappa shape index (κ3) is 3.03. The maximum absolute atomic E-state index is 13.9. The lowest BCUT2D eigenvalue weighted by Crippen LogP contribution is -2.34. The van der Waals surface area contributed by atoms with Gasteiger partial charge in [-0.05, 0) is 60.6 Å². The Bertz CT molecular complexity index is 761. The van der Waals surface area contributed by atoms with Gasteiger partial charge < -0.3 is 4.90 Å². The number of halogens is 2. The molecule has 0 radical (unpaired) electrons. The molecule has 1 amide bonds. The first-order valence-corrected chi connectivity index (χ1v) is 8.28. The summed E-state index contributed by atoms with van der Waals surface area (Å²) >= 11 is 0. The summed E-state index contributed by atoms with van der Waals surface area (Å²) in [7, 11) is 0. The first-order valence-electron chi connectivity index (χ1n) is 8.28. The van der Waals surface area contributed by atoms with Crippen LogP contribution < -0.4 is 0 Å². The van der Waals surface area contributed by atoms with Crippen LogP contribution in [0.2, 0.25) is 0 Å². The number of pyridine rings is 1. The van der Waals surface area contributed by atoms with Crippen molar-refractivity contribution in [2.45, 2.75) is 37.8 Å². The second kappa shape index (κ2) is 5.96. The van der Waals surface area contributed by atoms with Crippen molar-refractivity contribution in [2.75, 3.05) is 0 Å². The minimum absolute atomic E-state index is 0.0509. The van der Waals surface area contributed by atoms with Crippen LogP contribution in [0.4, 0.5) is 8.78 Å². The first-order chi connectivity index (χ1) is 11.6. The van der Waals surface area contributed by atoms with E-state index in [1.54, 1.807) is 12.4 Å². The van der Waals surface area contributed by atoms with E-state index in [4.69, 9.17) is 0 Å². The van der Waals surface area contributed by atoms with Gasteiger partial charge in [-0.2, -0.15) is 0 Å². The molecule has 0 saturated heterocycles. The first kappa shape index (κ1) is 15.2. The summed E-state index contributed by atoms with van der Waals surface area (Å²) in [5, 5.41) is 0. The molecule has 4 rings (SSSR count). The Balaban J connectivity index is 1.49. The van der Waals surface area contributed by atoms with Crippen molar-refractivity contribution in [1.29, 1.82) is 0 Å². The molecule has 1 heterocycles. The minimum Gasteiger partial charge on any atom is -0.335 e. The number of aromatic nitrogens is 1. The van der Waals surface area contributed by atoms with E-state index in [0.717, 1.165) is 30.5 Å². The molecule has 2 aliphatic rings. The van der Waals surface area contributed by atoms with E-state index in [-0.39, 0.29) is 23.8 Å². The molecular formula is C19H18F2N2O. The molecule has 2 fully saturated rings. The molecule has 2 atom stereocenters. The highest BCUT2D eigenvalue weighted by atomic mass is 19.1. The number of hydrogen-bond donors (Lipinski definition) is 0. The molecule has 1 aromatic carbocycles. The van der Waals surface area contributed by atoms with Crippen molar-refractivity contribution in [3.05, 3.63) is 65.5 Å². The zero-order chi connectivity index (χ0) is 16.7. The topological polar surface area (TPSA) is 33.2 Å². The van der Waals surface area contributed by atoms with Crippen molar-refractivity contribution >= 4 is 5.91 Å². The maximum atomic E-state index is 13.9. The third-order valence-corrected chi connectivity index (χ3v) is 4.81. The Morgan fingerprint density at radius 2 is 2.08 bits per heavy atom. The SMILES string of the molecule is O=C([C@@H]1C[C@@H]1c1cc(F)ccc1F)N(Cc1cccnc1)C1CC1. The molecule has 124 valence electrons. The zero-order valence-electron chi connectivity index (χ0n) is 13.2. The number of carbonyl (C=O) groups excluding carboxylic acids is 1. The van der Waals surface area contributed by atoms with Crippen molar-refractivity contribution < 1.29 is 13.6 Å². The molecule has 3 nitrogen and oxygen atoms in total. The minimum atomic E-state index is -0.459. The quantitative estimate of drug-likeness (QED) is 0.839. The summed E-state index contributed by atoms with van der Waals surface area (Å²) in [4.78, 5) is 18.8. The number of amides is 1. The molecule has 0 bridgehead atoms. The third-order valence-electron chi connectivity index (χ3n) is 4.81. The Morgan fingerprint density at radius 1 is 1.25 bits per heavy atom. The van der Waals surface area contributed by atoms with Crippen molar-refractivity contribution in [1.82, 2.24) is 9.88 Å². The summed E-state index contributed by atoms with van der Waals surface area (Å²) in [6, 6.07) is 7.54. The summed E-state index contributed by atoms with van der Waals surface area (Å²) < 4.78 is 27.3. The number of carbonyl (C=O) groups is 1. The molecule has 0 spiro atoms. The van der Waals surface area contributed by atoms with Crippen LogP contribution in [0.25, 0.3) is 0 Å². The number of rotatable bonds is 5. The molecular weight excluding hydrogens is 310 g/mol. The highest BCUT2D eigenvalue weighted by molar-refractivity contribution is 5.83. The summed E-state index contributed by atoms with van der Waals surface area (Å²) in [6.07, 6.45) is 6.08. The predicted molar refractivity (Wildman–Crippen MR) is 85.0 cm³/mol. The normalized spacial score (nSPS) is 22.2. The number of benzene rings is 1. The Morgan fingerprint density at radius 3 is 2.79 bits per heavy atom. The summed E-state index contributed by atoms with van der Waals surface area (Å²) in [5.74, 6) is -1.28. The van der Waals surface area contributed by atoms with E-state index in [0.29, 0.717) is 18.5 Å². The fourth-order valence-electron chi connectivity index (χ4n) is 3.28. The molecule has 2 saturated carbocycles. The van der Waals surface area contributed by atoms with E-state index in [1.807, 2.05) is 17.0 Å². The van der Waals surface area contributed by atoms with Crippen LogP contribution in [0.5, 0.6) is 0 Å². The van der Waals surface area contributed by atoms with Crippen molar-refractivity contribution in [2.24, 2.45) is 5.92 Å². The van der Waals surface area contributed by atoms with Crippen molar-refractivity contribution in [3.8, 4) is 0 Å². The zero-order valence-corrected chi connectivity index (χ0v) is 13.2. The Kier molecular flexibility index (Phi) is 3.79. The van der Waals surface area contributed by atoms with Gasteiger partial charge in [0.15, 0.2) is 0 Å². The van der Waals surface area contributed by atoms with Crippen molar-refractivity contribution in [3.63, 3.8) is 0 Å². The molecule has 0 aliphatic heterocycles. The average molecular weight is 328 g/mol. The average Bonchev–Trinajstić information content (AvgIpc) is 3.48. The van der Waals surface area contributed by atoms with E-state index >= 15 is 0 Å². The second-order valence-electron chi connectivity index (χ2n) is 6.67. The van der Waals surface area contributed by atoms with Crippen LogP contribution in [-0.2, 0) is 11.3 Å². The lowest BCUT2D eigenvalue weighted by atomic mass is 10.1. The van der Waals surface area contributed by atoms with Crippen LogP contribution in [0.3, 0.4) is 0 Å². The van der Waals surface area contributed by atoms with Gasteiger partial charge in [0.2, 0.25) is 5.91 Å². The molecule has 5 heteroatoms. The molecule has 2 aromatic rings. The summed E-state index contributed by atoms with van der Waals surface area (Å²) in [5.41, 5.74) is 1.32. The smallest absolute Gasteiger partial charge is 0.226 e. The standard InChI is InChI=1S/C19H18F2N2O/c20-13-3-6-18(21)16(8-13)15-9-17(15)19(24)23(14-4-5-14)11-12-2-1-7-22-10-12/h1-3,6-8,10,14-15,17H,4-5,9,11H2/t15-,17-/m1/s1. The van der Waals surface area contributed by atoms with Gasteiger partial charge in [0.1, 0.15) is 11.6 Å². The number of nitrogens with zero attached hydrogens (tertiary/aromatic N) is 2. The van der Waals surface area contributed by atoms with Crippen LogP contribution in [0, 0.1) is 17.6 Å². The van der Waals surface area contributed by atoms with Gasteiger partial charge in [0.05, 0.1) is 0 Å². The lowest BCUT2D eigenvalue weighted by Gasteiger charge is -2.22. The van der Waals surface area contributed by atoms with Gasteiger partial charge in [-0.1, -0.05) is 6.07 Å². The van der Waals surface area contributed by atoms with Crippen LogP contribution in [0.15, 0.2) is 42.7 Å². The fourth-order valence-corrected chi connectivity index (χ4v) is 3.28. The van der Waals surface area contributed by atoms with Gasteiger partial charge in [0.25, 0.3) is 0 Å². The highest BCUT2D eigenvalue weighted by Gasteiger charge is 2.49. The van der Waals surface area contributed by atoms with E-state index in [2.05, 4.69) is 4.98 Å². The molecule has 0 unspecified atom stereocenters. The Labute approximate surface area is 139 Å². The van der Waals surface area contributed by atoms with Crippen LogP contribution in [0.1, 0.15) is 36.3 Å². The lowest BCUT2D eigenvalue weighted by molar-refractivity contribution is -0.133. The van der Waals surface area contributed by atoms with Crippen LogP contribution in [-0.4, -0.2) is 21.8 Å². The number of hydrogen-bond acceptors (Lipinski definition) is 2. The van der Waals surface area contributed by atoms with Gasteiger partial charge >= 0.3 is 0 Å². The Hall–Kier alpha value is -2.30. The monoisotopic (exact) mass is 328 g/mol. The second-order valence-corrected chi connectivity index (χ2v) is 6.67. The van der Waals surface area contributed by atoms with E-state index in [9.17, 15) is 13.6 Å². The summed E-state index contributed by atoms with van der Waals surface area (Å²) in [6.45, 7) is 0.534. The highest BCUT2D eigenvalue weighted by Crippen LogP contribution is 2.50.